The molecule has 4 nitrogen and oxygen atoms in total. The van der Waals surface area contributed by atoms with E-state index in [9.17, 15) is 9.59 Å². The van der Waals surface area contributed by atoms with Crippen molar-refractivity contribution >= 4 is 11.8 Å². The predicted molar refractivity (Wildman–Crippen MR) is 117 cm³/mol. The molecule has 2 aromatic carbocycles. The van der Waals surface area contributed by atoms with Crippen LogP contribution in [0.4, 0.5) is 0 Å². The Bertz CT molecular complexity index is 800. The largest absolute Gasteiger partial charge is 4.00 e. The summed E-state index contributed by atoms with van der Waals surface area (Å²) in [7, 11) is 0. The van der Waals surface area contributed by atoms with Gasteiger partial charge in [-0.15, -0.1) is 0 Å². The summed E-state index contributed by atoms with van der Waals surface area (Å²) in [5.74, 6) is -1.18. The SMILES string of the molecule is CCCc1ccc(C([NH-])=O)c(C)c1C.CCCc1ccc(C([NH-])=O)c(C)c1C.[Br-].[Br-].[Ti+4]. The van der Waals surface area contributed by atoms with Gasteiger partial charge in [-0.1, -0.05) is 51.0 Å². The van der Waals surface area contributed by atoms with Gasteiger partial charge in [0.05, 0.1) is 11.8 Å². The van der Waals surface area contributed by atoms with Gasteiger partial charge in [-0.3, -0.25) is 0 Å². The van der Waals surface area contributed by atoms with Gasteiger partial charge in [-0.05, 0) is 73.9 Å². The second-order valence-electron chi connectivity index (χ2n) is 7.20. The number of halogens is 2. The molecule has 0 spiro atoms. The number of hydrogen-bond donors (Lipinski definition) is 0. The first-order valence-electron chi connectivity index (χ1n) is 9.85. The number of rotatable bonds is 6. The molecule has 31 heavy (non-hydrogen) atoms. The molecule has 2 aromatic rings. The molecule has 0 heterocycles. The number of carbonyl (C=O) groups is 2. The van der Waals surface area contributed by atoms with E-state index in [4.69, 9.17) is 11.5 Å². The van der Waals surface area contributed by atoms with Gasteiger partial charge in [-0.2, -0.15) is 0 Å². The molecule has 0 saturated heterocycles. The van der Waals surface area contributed by atoms with Crippen molar-refractivity contribution in [1.82, 2.24) is 0 Å². The quantitative estimate of drug-likeness (QED) is 0.471. The first kappa shape index (κ1) is 34.7. The number of hydrogen-bond acceptors (Lipinski definition) is 2. The normalized spacial score (nSPS) is 9.23. The molecule has 0 aliphatic rings. The smallest absolute Gasteiger partial charge is 1.00 e. The Morgan fingerprint density at radius 1 is 0.645 bits per heavy atom. The molecule has 0 bridgehead atoms. The number of benzene rings is 2. The van der Waals surface area contributed by atoms with Crippen molar-refractivity contribution in [3.63, 3.8) is 0 Å². The van der Waals surface area contributed by atoms with Crippen molar-refractivity contribution in [3.05, 3.63) is 80.2 Å². The van der Waals surface area contributed by atoms with E-state index in [1.165, 1.54) is 11.1 Å². The van der Waals surface area contributed by atoms with E-state index in [1.807, 2.05) is 39.8 Å². The third-order valence-electron chi connectivity index (χ3n) is 5.33. The van der Waals surface area contributed by atoms with Crippen LogP contribution in [0.25, 0.3) is 11.5 Å². The minimum absolute atomic E-state index is 0. The number of nitrogens with one attached hydrogen (secondary N) is 2. The summed E-state index contributed by atoms with van der Waals surface area (Å²) >= 11 is 0. The van der Waals surface area contributed by atoms with Gasteiger partial charge >= 0.3 is 21.7 Å². The van der Waals surface area contributed by atoms with Gasteiger partial charge in [-0.25, -0.2) is 0 Å². The molecule has 2 N–H and O–H groups in total. The zero-order chi connectivity index (χ0) is 21.4. The van der Waals surface area contributed by atoms with Crippen molar-refractivity contribution in [1.29, 1.82) is 0 Å². The third-order valence-corrected chi connectivity index (χ3v) is 5.33. The van der Waals surface area contributed by atoms with E-state index >= 15 is 0 Å². The molecule has 0 aromatic heterocycles. The van der Waals surface area contributed by atoms with Gasteiger partial charge in [0, 0.05) is 11.1 Å². The van der Waals surface area contributed by atoms with E-state index in [0.29, 0.717) is 11.1 Å². The van der Waals surface area contributed by atoms with Crippen LogP contribution in [0.1, 0.15) is 80.8 Å². The monoisotopic (exact) mass is 586 g/mol. The molecule has 7 heteroatoms. The second kappa shape index (κ2) is 16.7. The fourth-order valence-electron chi connectivity index (χ4n) is 3.33. The Morgan fingerprint density at radius 2 is 0.935 bits per heavy atom. The zero-order valence-electron chi connectivity index (χ0n) is 19.2. The summed E-state index contributed by atoms with van der Waals surface area (Å²) in [6.07, 6.45) is 4.29. The molecule has 0 aliphatic heterocycles. The van der Waals surface area contributed by atoms with Crippen LogP contribution in [0.3, 0.4) is 0 Å². The van der Waals surface area contributed by atoms with Crippen molar-refractivity contribution in [3.8, 4) is 0 Å². The molecule has 0 saturated carbocycles. The van der Waals surface area contributed by atoms with Crippen molar-refractivity contribution < 1.29 is 65.3 Å². The molecular weight excluding hydrogens is 556 g/mol. The number of aryl methyl sites for hydroxylation is 2. The maximum absolute atomic E-state index is 11.0. The molecule has 2 rings (SSSR count). The van der Waals surface area contributed by atoms with E-state index in [1.54, 1.807) is 12.1 Å². The molecule has 0 atom stereocenters. The first-order valence-corrected chi connectivity index (χ1v) is 9.85. The van der Waals surface area contributed by atoms with Crippen LogP contribution in [0.2, 0.25) is 0 Å². The van der Waals surface area contributed by atoms with E-state index in [-0.39, 0.29) is 55.7 Å². The Labute approximate surface area is 223 Å². The molecule has 0 fully saturated rings. The Balaban J connectivity index is -0.000000461. The molecule has 168 valence electrons. The van der Waals surface area contributed by atoms with Crippen molar-refractivity contribution in [2.24, 2.45) is 0 Å². The molecular formula is C24H32Br2N2O2Ti. The maximum Gasteiger partial charge on any atom is 4.00 e. The summed E-state index contributed by atoms with van der Waals surface area (Å²) in [5.41, 5.74) is 22.0. The van der Waals surface area contributed by atoms with Gasteiger partial charge in [0.25, 0.3) is 0 Å². The summed E-state index contributed by atoms with van der Waals surface area (Å²) < 4.78 is 0. The molecule has 2 amide bonds. The average Bonchev–Trinajstić information content (AvgIpc) is 2.63. The minimum Gasteiger partial charge on any atom is -1.00 e. The van der Waals surface area contributed by atoms with Crippen LogP contribution >= 0.6 is 0 Å². The van der Waals surface area contributed by atoms with Crippen molar-refractivity contribution in [2.45, 2.75) is 67.2 Å². The van der Waals surface area contributed by atoms with Gasteiger partial charge in [0.15, 0.2) is 0 Å². The first-order chi connectivity index (χ1) is 13.1. The Hall–Kier alpha value is -0.946. The van der Waals surface area contributed by atoms with Gasteiger partial charge in [0.2, 0.25) is 0 Å². The summed E-state index contributed by atoms with van der Waals surface area (Å²) in [4.78, 5) is 21.9. The van der Waals surface area contributed by atoms with E-state index in [2.05, 4.69) is 13.8 Å². The van der Waals surface area contributed by atoms with Crippen molar-refractivity contribution in [2.75, 3.05) is 0 Å². The number of carbonyl (C=O) groups excluding carboxylic acids is 2. The van der Waals surface area contributed by atoms with Crippen LogP contribution in [-0.2, 0) is 34.6 Å². The van der Waals surface area contributed by atoms with Crippen LogP contribution in [-0.4, -0.2) is 11.8 Å². The Morgan fingerprint density at radius 3 is 1.16 bits per heavy atom. The maximum atomic E-state index is 11.0. The number of amides is 2. The third kappa shape index (κ3) is 9.60. The predicted octanol–water partition coefficient (Wildman–Crippen LogP) is 0.902. The molecule has 0 unspecified atom stereocenters. The summed E-state index contributed by atoms with van der Waals surface area (Å²) in [6.45, 7) is 12.1. The average molecular weight is 588 g/mol. The van der Waals surface area contributed by atoms with Crippen LogP contribution < -0.4 is 34.0 Å². The fourth-order valence-corrected chi connectivity index (χ4v) is 3.33. The van der Waals surface area contributed by atoms with Crippen LogP contribution in [0, 0.1) is 27.7 Å². The molecule has 0 aliphatic carbocycles. The van der Waals surface area contributed by atoms with Crippen LogP contribution in [0.5, 0.6) is 0 Å². The topological polar surface area (TPSA) is 81.7 Å². The van der Waals surface area contributed by atoms with Crippen LogP contribution in [0.15, 0.2) is 24.3 Å². The summed E-state index contributed by atoms with van der Waals surface area (Å²) in [5, 5.41) is 0. The Kier molecular flexibility index (Phi) is 18.6. The fraction of sp³-hybridized carbons (Fsp3) is 0.417. The van der Waals surface area contributed by atoms with Gasteiger partial charge < -0.3 is 55.0 Å². The van der Waals surface area contributed by atoms with E-state index in [0.717, 1.165) is 47.9 Å². The standard InChI is InChI=1S/2C12H17NO.2BrH.Ti/c2*1-4-5-10-6-7-11(12(13)14)9(3)8(10)2;;;/h2*6-7H,4-5H2,1-3H3,(H2,13,14);2*1H;/q;;;;+4/p-4. The minimum atomic E-state index is -0.589. The summed E-state index contributed by atoms with van der Waals surface area (Å²) in [6, 6.07) is 7.46. The van der Waals surface area contributed by atoms with E-state index < -0.39 is 11.8 Å². The molecule has 0 radical (unpaired) electrons. The van der Waals surface area contributed by atoms with Gasteiger partial charge in [0.1, 0.15) is 0 Å². The zero-order valence-corrected chi connectivity index (χ0v) is 23.9. The second-order valence-corrected chi connectivity index (χ2v) is 7.20.